The molecule has 0 unspecified atom stereocenters. The van der Waals surface area contributed by atoms with Crippen LogP contribution in [0, 0.1) is 0 Å². The Bertz CT molecular complexity index is 602. The van der Waals surface area contributed by atoms with Crippen LogP contribution in [-0.2, 0) is 15.6 Å². The zero-order valence-electron chi connectivity index (χ0n) is 12.2. The Morgan fingerprint density at radius 2 is 1.86 bits per heavy atom. The van der Waals surface area contributed by atoms with Crippen LogP contribution in [0.15, 0.2) is 17.2 Å². The van der Waals surface area contributed by atoms with E-state index in [9.17, 15) is 13.2 Å². The molecule has 1 aliphatic heterocycles. The van der Waals surface area contributed by atoms with Crippen molar-refractivity contribution in [2.45, 2.75) is 50.5 Å². The maximum Gasteiger partial charge on any atom is 0.270 e. The third kappa shape index (κ3) is 4.01. The highest BCUT2D eigenvalue weighted by Crippen LogP contribution is 2.21. The molecule has 1 aromatic heterocycles. The number of aromatic nitrogens is 1. The molecule has 2 heterocycles. The van der Waals surface area contributed by atoms with Gasteiger partial charge in [0.05, 0.1) is 0 Å². The van der Waals surface area contributed by atoms with Crippen LogP contribution in [0.2, 0.25) is 0 Å². The van der Waals surface area contributed by atoms with Crippen molar-refractivity contribution in [3.8, 4) is 0 Å². The predicted molar refractivity (Wildman–Crippen MR) is 82.1 cm³/mol. The summed E-state index contributed by atoms with van der Waals surface area (Å²) in [5.41, 5.74) is 0.415. The van der Waals surface area contributed by atoms with Crippen molar-refractivity contribution in [2.75, 3.05) is 13.1 Å². The quantitative estimate of drug-likeness (QED) is 0.796. The molecule has 5 nitrogen and oxygen atoms in total. The minimum atomic E-state index is -3.81. The van der Waals surface area contributed by atoms with E-state index in [4.69, 9.17) is 10.7 Å². The first-order valence-corrected chi connectivity index (χ1v) is 9.68. The first-order chi connectivity index (χ1) is 9.93. The van der Waals surface area contributed by atoms with Crippen LogP contribution in [0.3, 0.4) is 0 Å². The van der Waals surface area contributed by atoms with Crippen LogP contribution < -0.4 is 0 Å². The van der Waals surface area contributed by atoms with Gasteiger partial charge in [-0.15, -0.1) is 0 Å². The second kappa shape index (κ2) is 6.83. The van der Waals surface area contributed by atoms with Crippen molar-refractivity contribution in [3.05, 3.63) is 18.0 Å². The lowest BCUT2D eigenvalue weighted by Gasteiger charge is -2.21. The van der Waals surface area contributed by atoms with Gasteiger partial charge in [0.2, 0.25) is 0 Å². The Kier molecular flexibility index (Phi) is 5.32. The summed E-state index contributed by atoms with van der Waals surface area (Å²) in [6, 6.07) is 1.39. The predicted octanol–water partition coefficient (Wildman–Crippen LogP) is 2.84. The molecule has 1 amide bonds. The summed E-state index contributed by atoms with van der Waals surface area (Å²) in [5, 5.41) is 0. The van der Waals surface area contributed by atoms with Gasteiger partial charge >= 0.3 is 0 Å². The number of rotatable bonds is 4. The number of nitrogens with zero attached hydrogens (tertiary/aromatic N) is 2. The minimum absolute atomic E-state index is 0.00390. The molecule has 1 saturated heterocycles. The topological polar surface area (TPSA) is 59.4 Å². The van der Waals surface area contributed by atoms with Gasteiger partial charge < -0.3 is 9.47 Å². The third-order valence-electron chi connectivity index (χ3n) is 3.73. The normalized spacial score (nSPS) is 16.8. The number of carbonyl (C=O) groups excluding carboxylic acids is 1. The molecule has 118 valence electrons. The number of halogens is 1. The van der Waals surface area contributed by atoms with Gasteiger partial charge in [-0.05, 0) is 25.3 Å². The van der Waals surface area contributed by atoms with Crippen LogP contribution in [0.4, 0.5) is 0 Å². The van der Waals surface area contributed by atoms with Gasteiger partial charge in [-0.25, -0.2) is 8.42 Å². The molecule has 0 N–H and O–H groups in total. The second-order valence-corrected chi connectivity index (χ2v) is 7.96. The smallest absolute Gasteiger partial charge is 0.270 e. The second-order valence-electron chi connectivity index (χ2n) is 5.40. The molecule has 2 rings (SSSR count). The van der Waals surface area contributed by atoms with Crippen LogP contribution >= 0.6 is 10.7 Å². The summed E-state index contributed by atoms with van der Waals surface area (Å²) in [4.78, 5) is 14.5. The van der Waals surface area contributed by atoms with E-state index in [2.05, 4.69) is 0 Å². The molecular formula is C14H21ClN2O3S. The average Bonchev–Trinajstić information content (AvgIpc) is 2.67. The molecule has 0 aromatic carbocycles. The molecule has 0 atom stereocenters. The first-order valence-electron chi connectivity index (χ1n) is 7.37. The maximum absolute atomic E-state index is 12.7. The highest BCUT2D eigenvalue weighted by Gasteiger charge is 2.24. The average molecular weight is 333 g/mol. The Balaban J connectivity index is 2.32. The lowest BCUT2D eigenvalue weighted by atomic mass is 10.2. The van der Waals surface area contributed by atoms with E-state index in [0.29, 0.717) is 12.2 Å². The molecule has 0 saturated carbocycles. The van der Waals surface area contributed by atoms with Crippen LogP contribution in [0.5, 0.6) is 0 Å². The number of hydrogen-bond donors (Lipinski definition) is 0. The van der Waals surface area contributed by atoms with Crippen molar-refractivity contribution >= 4 is 25.6 Å². The zero-order chi connectivity index (χ0) is 15.5. The lowest BCUT2D eigenvalue weighted by molar-refractivity contribution is 0.0750. The zero-order valence-corrected chi connectivity index (χ0v) is 13.8. The molecule has 0 aliphatic carbocycles. The highest BCUT2D eigenvalue weighted by molar-refractivity contribution is 8.13. The van der Waals surface area contributed by atoms with E-state index in [1.54, 1.807) is 4.57 Å². The summed E-state index contributed by atoms with van der Waals surface area (Å²) in [6.45, 7) is 4.05. The first kappa shape index (κ1) is 16.4. The van der Waals surface area contributed by atoms with Crippen molar-refractivity contribution in [1.29, 1.82) is 0 Å². The fraction of sp³-hybridized carbons (Fsp3) is 0.643. The summed E-state index contributed by atoms with van der Waals surface area (Å²) < 4.78 is 24.7. The molecule has 0 spiro atoms. The van der Waals surface area contributed by atoms with Crippen LogP contribution in [-0.4, -0.2) is 36.9 Å². The molecule has 0 radical (unpaired) electrons. The number of hydrogen-bond acceptors (Lipinski definition) is 3. The maximum atomic E-state index is 12.7. The van der Waals surface area contributed by atoms with Crippen LogP contribution in [0.1, 0.15) is 49.5 Å². The lowest BCUT2D eigenvalue weighted by Crippen LogP contribution is -2.33. The standard InChI is InChI=1S/C14H21ClN2O3S/c1-2-7-17-11-12(21(15,19)20)10-13(17)14(18)16-8-5-3-4-6-9-16/h10-11H,2-9H2,1H3. The number of carbonyl (C=O) groups is 1. The molecule has 1 fully saturated rings. The van der Waals surface area contributed by atoms with Gasteiger partial charge in [0.1, 0.15) is 10.6 Å². The molecule has 7 heteroatoms. The van der Waals surface area contributed by atoms with Gasteiger partial charge in [-0.1, -0.05) is 19.8 Å². The van der Waals surface area contributed by atoms with E-state index >= 15 is 0 Å². The fourth-order valence-corrected chi connectivity index (χ4v) is 3.42. The van der Waals surface area contributed by atoms with E-state index in [-0.39, 0.29) is 10.8 Å². The number of amides is 1. The highest BCUT2D eigenvalue weighted by atomic mass is 35.7. The minimum Gasteiger partial charge on any atom is -0.342 e. The van der Waals surface area contributed by atoms with Gasteiger partial charge in [0.25, 0.3) is 15.0 Å². The Hall–Kier alpha value is -1.01. The monoisotopic (exact) mass is 332 g/mol. The van der Waals surface area contributed by atoms with Gasteiger partial charge in [-0.2, -0.15) is 0 Å². The van der Waals surface area contributed by atoms with E-state index < -0.39 is 9.05 Å². The summed E-state index contributed by atoms with van der Waals surface area (Å²) in [7, 11) is 1.58. The Labute approximate surface area is 130 Å². The summed E-state index contributed by atoms with van der Waals surface area (Å²) in [5.74, 6) is -0.100. The van der Waals surface area contributed by atoms with Crippen molar-refractivity contribution in [1.82, 2.24) is 9.47 Å². The van der Waals surface area contributed by atoms with Gasteiger partial charge in [0.15, 0.2) is 0 Å². The molecule has 1 aliphatic rings. The Morgan fingerprint density at radius 3 is 2.38 bits per heavy atom. The molecular weight excluding hydrogens is 312 g/mol. The van der Waals surface area contributed by atoms with Crippen molar-refractivity contribution < 1.29 is 13.2 Å². The molecule has 21 heavy (non-hydrogen) atoms. The van der Waals surface area contributed by atoms with Crippen molar-refractivity contribution in [3.63, 3.8) is 0 Å². The van der Waals surface area contributed by atoms with E-state index in [0.717, 1.165) is 45.2 Å². The van der Waals surface area contributed by atoms with E-state index in [1.807, 2.05) is 11.8 Å². The van der Waals surface area contributed by atoms with Gasteiger partial charge in [-0.3, -0.25) is 4.79 Å². The SMILES string of the molecule is CCCn1cc(S(=O)(=O)Cl)cc1C(=O)N1CCCCCC1. The Morgan fingerprint density at radius 1 is 1.24 bits per heavy atom. The summed E-state index contributed by atoms with van der Waals surface area (Å²) in [6.07, 6.45) is 6.55. The number of aryl methyl sites for hydroxylation is 1. The molecule has 1 aromatic rings. The van der Waals surface area contributed by atoms with E-state index in [1.165, 1.54) is 12.3 Å². The number of likely N-dealkylation sites (tertiary alicyclic amines) is 1. The van der Waals surface area contributed by atoms with Crippen LogP contribution in [0.25, 0.3) is 0 Å². The van der Waals surface area contributed by atoms with Gasteiger partial charge in [0, 0.05) is 36.5 Å². The van der Waals surface area contributed by atoms with Crippen molar-refractivity contribution in [2.24, 2.45) is 0 Å². The summed E-state index contributed by atoms with van der Waals surface area (Å²) >= 11 is 0. The fourth-order valence-electron chi connectivity index (χ4n) is 2.66. The third-order valence-corrected chi connectivity index (χ3v) is 5.05. The largest absolute Gasteiger partial charge is 0.342 e. The molecule has 0 bridgehead atoms.